The van der Waals surface area contributed by atoms with Crippen LogP contribution >= 0.6 is 35.6 Å². The van der Waals surface area contributed by atoms with Crippen molar-refractivity contribution < 1.29 is 24.2 Å². The third-order valence-electron chi connectivity index (χ3n) is 3.02. The van der Waals surface area contributed by atoms with E-state index in [0.717, 1.165) is 16.7 Å². The van der Waals surface area contributed by atoms with Gasteiger partial charge in [-0.15, -0.1) is 6.42 Å². The van der Waals surface area contributed by atoms with E-state index in [0.29, 0.717) is 22.0 Å². The summed E-state index contributed by atoms with van der Waals surface area (Å²) in [6.07, 6.45) is 6.72. The molecule has 1 amide bonds. The maximum absolute atomic E-state index is 12.3. The quantitative estimate of drug-likeness (QED) is 0.449. The Morgan fingerprint density at radius 2 is 2.28 bits per heavy atom. The Morgan fingerprint density at radius 3 is 2.88 bits per heavy atom. The van der Waals surface area contributed by atoms with E-state index < -0.39 is 18.4 Å². The molecule has 130 valence electrons. The van der Waals surface area contributed by atoms with E-state index in [1.165, 1.54) is 7.11 Å². The molecule has 0 unspecified atom stereocenters. The van der Waals surface area contributed by atoms with Gasteiger partial charge in [0, 0.05) is 0 Å². The third-order valence-corrected chi connectivity index (χ3v) is 4.67. The number of carbonyl (C=O) groups is 2. The second kappa shape index (κ2) is 8.25. The molecule has 25 heavy (non-hydrogen) atoms. The highest BCUT2D eigenvalue weighted by atomic mass is 35.5. The number of halogens is 1. The number of aliphatic carboxylic acids is 1. The summed E-state index contributed by atoms with van der Waals surface area (Å²) in [5, 5.41) is 9.11. The smallest absolute Gasteiger partial charge is 0.323 e. The van der Waals surface area contributed by atoms with Crippen LogP contribution in [0, 0.1) is 12.3 Å². The molecule has 1 aromatic carbocycles. The maximum atomic E-state index is 12.3. The maximum Gasteiger partial charge on any atom is 0.323 e. The van der Waals surface area contributed by atoms with Crippen LogP contribution in [0.25, 0.3) is 6.08 Å². The van der Waals surface area contributed by atoms with E-state index in [1.807, 2.05) is 0 Å². The van der Waals surface area contributed by atoms with Crippen molar-refractivity contribution >= 4 is 57.9 Å². The molecule has 0 bridgehead atoms. The van der Waals surface area contributed by atoms with Crippen LogP contribution in [0.2, 0.25) is 5.02 Å². The fraction of sp³-hybridized carbons (Fsp3) is 0.188. The molecule has 1 heterocycles. The lowest BCUT2D eigenvalue weighted by Crippen LogP contribution is -2.33. The van der Waals surface area contributed by atoms with Crippen molar-refractivity contribution in [1.82, 2.24) is 4.90 Å². The molecule has 1 aromatic rings. The number of hydrogen-bond donors (Lipinski definition) is 1. The zero-order chi connectivity index (χ0) is 18.6. The van der Waals surface area contributed by atoms with Gasteiger partial charge in [-0.1, -0.05) is 41.5 Å². The van der Waals surface area contributed by atoms with Crippen molar-refractivity contribution in [3.8, 4) is 23.8 Å². The van der Waals surface area contributed by atoms with Gasteiger partial charge < -0.3 is 14.6 Å². The van der Waals surface area contributed by atoms with Crippen molar-refractivity contribution in [2.75, 3.05) is 20.3 Å². The van der Waals surface area contributed by atoms with Crippen molar-refractivity contribution in [3.63, 3.8) is 0 Å². The lowest BCUT2D eigenvalue weighted by atomic mass is 10.1. The molecule has 0 aliphatic carbocycles. The molecule has 9 heteroatoms. The van der Waals surface area contributed by atoms with Crippen molar-refractivity contribution in [2.45, 2.75) is 0 Å². The van der Waals surface area contributed by atoms with Gasteiger partial charge in [0.1, 0.15) is 17.5 Å². The first-order valence-corrected chi connectivity index (χ1v) is 8.38. The lowest BCUT2D eigenvalue weighted by molar-refractivity contribution is -0.140. The number of hydrogen-bond acceptors (Lipinski definition) is 6. The van der Waals surface area contributed by atoms with Crippen LogP contribution < -0.4 is 9.47 Å². The van der Waals surface area contributed by atoms with E-state index in [9.17, 15) is 9.59 Å². The summed E-state index contributed by atoms with van der Waals surface area (Å²) in [5.41, 5.74) is 0.575. The third kappa shape index (κ3) is 4.45. The number of ether oxygens (including phenoxy) is 2. The molecule has 0 aromatic heterocycles. The van der Waals surface area contributed by atoms with E-state index in [2.05, 4.69) is 5.92 Å². The normalized spacial score (nSPS) is 15.4. The molecular formula is C16H12ClNO5S2. The first-order valence-electron chi connectivity index (χ1n) is 6.78. The van der Waals surface area contributed by atoms with Gasteiger partial charge in [-0.25, -0.2) is 0 Å². The SMILES string of the molecule is C#CCOc1c(Cl)cc(/C=C2\SC(=S)N(CC(=O)O)C2=O)cc1OC. The second-order valence-electron chi connectivity index (χ2n) is 4.69. The first kappa shape index (κ1) is 19.1. The molecule has 1 aliphatic rings. The number of carboxylic acid groups (broad SMARTS) is 1. The van der Waals surface area contributed by atoms with Crippen molar-refractivity contribution in [2.24, 2.45) is 0 Å². The molecule has 0 spiro atoms. The van der Waals surface area contributed by atoms with Gasteiger partial charge in [-0.05, 0) is 23.8 Å². The highest BCUT2D eigenvalue weighted by molar-refractivity contribution is 8.26. The van der Waals surface area contributed by atoms with Crippen LogP contribution in [0.15, 0.2) is 17.0 Å². The Labute approximate surface area is 158 Å². The van der Waals surface area contributed by atoms with Crippen LogP contribution in [0.5, 0.6) is 11.5 Å². The summed E-state index contributed by atoms with van der Waals surface area (Å²) in [7, 11) is 1.45. The Balaban J connectivity index is 2.34. The number of benzene rings is 1. The summed E-state index contributed by atoms with van der Waals surface area (Å²) in [6.45, 7) is -0.450. The molecule has 0 saturated carbocycles. The van der Waals surface area contributed by atoms with Crippen LogP contribution in [0.1, 0.15) is 5.56 Å². The molecule has 1 saturated heterocycles. The fourth-order valence-corrected chi connectivity index (χ4v) is 3.53. The van der Waals surface area contributed by atoms with Gasteiger partial charge in [-0.2, -0.15) is 0 Å². The Morgan fingerprint density at radius 1 is 1.56 bits per heavy atom. The predicted octanol–water partition coefficient (Wildman–Crippen LogP) is 2.65. The molecule has 2 rings (SSSR count). The zero-order valence-electron chi connectivity index (χ0n) is 12.9. The van der Waals surface area contributed by atoms with Crippen LogP contribution in [0.4, 0.5) is 0 Å². The number of thiocarbonyl (C=S) groups is 1. The topological polar surface area (TPSA) is 76.1 Å². The highest BCUT2D eigenvalue weighted by Gasteiger charge is 2.33. The van der Waals surface area contributed by atoms with Crippen molar-refractivity contribution in [1.29, 1.82) is 0 Å². The number of carbonyl (C=O) groups excluding carboxylic acids is 1. The number of carboxylic acids is 1. The average Bonchev–Trinajstić information content (AvgIpc) is 2.80. The van der Waals surface area contributed by atoms with E-state index in [4.69, 9.17) is 44.8 Å². The monoisotopic (exact) mass is 397 g/mol. The minimum absolute atomic E-state index is 0.0310. The number of thioether (sulfide) groups is 1. The van der Waals surface area contributed by atoms with E-state index >= 15 is 0 Å². The van der Waals surface area contributed by atoms with Gasteiger partial charge in [0.25, 0.3) is 5.91 Å². The van der Waals surface area contributed by atoms with Crippen LogP contribution in [-0.4, -0.2) is 46.5 Å². The summed E-state index contributed by atoms with van der Waals surface area (Å²) >= 11 is 12.3. The number of rotatable bonds is 6. The number of terminal acetylenes is 1. The minimum atomic E-state index is -1.14. The molecule has 0 atom stereocenters. The highest BCUT2D eigenvalue weighted by Crippen LogP contribution is 2.38. The summed E-state index contributed by atoms with van der Waals surface area (Å²) in [4.78, 5) is 24.4. The lowest BCUT2D eigenvalue weighted by Gasteiger charge is -2.12. The minimum Gasteiger partial charge on any atom is -0.493 e. The Kier molecular flexibility index (Phi) is 6.31. The molecule has 1 aliphatic heterocycles. The fourth-order valence-electron chi connectivity index (χ4n) is 2.00. The number of nitrogens with zero attached hydrogens (tertiary/aromatic N) is 1. The predicted molar refractivity (Wildman–Crippen MR) is 99.8 cm³/mol. The van der Waals surface area contributed by atoms with Gasteiger partial charge >= 0.3 is 5.97 Å². The largest absolute Gasteiger partial charge is 0.493 e. The number of methoxy groups -OCH3 is 1. The Hall–Kier alpha value is -2.21. The molecule has 6 nitrogen and oxygen atoms in total. The summed E-state index contributed by atoms with van der Waals surface area (Å²) in [6, 6.07) is 3.21. The van der Waals surface area contributed by atoms with E-state index in [1.54, 1.807) is 18.2 Å². The zero-order valence-corrected chi connectivity index (χ0v) is 15.3. The van der Waals surface area contributed by atoms with Crippen LogP contribution in [-0.2, 0) is 9.59 Å². The molecule has 1 N–H and O–H groups in total. The standard InChI is InChI=1S/C16H12ClNO5S2/c1-3-4-23-14-10(17)5-9(6-11(14)22-2)7-12-15(21)18(8-13(19)20)16(24)25-12/h1,5-7H,4,8H2,2H3,(H,19,20)/b12-7-. The van der Waals surface area contributed by atoms with Gasteiger partial charge in [0.05, 0.1) is 17.0 Å². The Bertz CT molecular complexity index is 815. The van der Waals surface area contributed by atoms with Gasteiger partial charge in [-0.3, -0.25) is 14.5 Å². The summed E-state index contributed by atoms with van der Waals surface area (Å²) in [5.74, 6) is 1.38. The molecular weight excluding hydrogens is 386 g/mol. The van der Waals surface area contributed by atoms with Gasteiger partial charge in [0.2, 0.25) is 0 Å². The molecule has 1 fully saturated rings. The number of amides is 1. The van der Waals surface area contributed by atoms with Gasteiger partial charge in [0.15, 0.2) is 11.5 Å². The molecule has 0 radical (unpaired) electrons. The van der Waals surface area contributed by atoms with Crippen molar-refractivity contribution in [3.05, 3.63) is 27.6 Å². The van der Waals surface area contributed by atoms with E-state index in [-0.39, 0.29) is 16.0 Å². The first-order chi connectivity index (χ1) is 11.9. The second-order valence-corrected chi connectivity index (χ2v) is 6.77. The van der Waals surface area contributed by atoms with Crippen LogP contribution in [0.3, 0.4) is 0 Å². The average molecular weight is 398 g/mol. The summed E-state index contributed by atoms with van der Waals surface area (Å²) < 4.78 is 10.8.